The lowest BCUT2D eigenvalue weighted by Crippen LogP contribution is -2.35. The quantitative estimate of drug-likeness (QED) is 0.885. The van der Waals surface area contributed by atoms with Crippen molar-refractivity contribution < 1.29 is 8.42 Å². The number of nitrogens with two attached hydrogens (primary N) is 1. The van der Waals surface area contributed by atoms with Crippen LogP contribution in [0.2, 0.25) is 0 Å². The van der Waals surface area contributed by atoms with Crippen LogP contribution >= 0.6 is 0 Å². The number of anilines is 1. The first kappa shape index (κ1) is 15.1. The molecular formula is C17H20N2O2S. The van der Waals surface area contributed by atoms with E-state index in [-0.39, 0.29) is 0 Å². The molecule has 3 rings (SSSR count). The van der Waals surface area contributed by atoms with Gasteiger partial charge in [-0.1, -0.05) is 30.7 Å². The minimum absolute atomic E-state index is 0.363. The van der Waals surface area contributed by atoms with Crippen molar-refractivity contribution in [1.82, 2.24) is 4.31 Å². The SMILES string of the molecule is Nc1cccc(-c2ccc(S(=O)(=O)N3CCCCC3)cc2)c1. The Morgan fingerprint density at radius 2 is 1.55 bits per heavy atom. The molecule has 0 bridgehead atoms. The van der Waals surface area contributed by atoms with Crippen molar-refractivity contribution in [2.75, 3.05) is 18.8 Å². The third-order valence-corrected chi connectivity index (χ3v) is 5.94. The molecule has 0 amide bonds. The molecule has 2 N–H and O–H groups in total. The number of nitrogens with zero attached hydrogens (tertiary/aromatic N) is 1. The van der Waals surface area contributed by atoms with Crippen molar-refractivity contribution in [2.45, 2.75) is 24.2 Å². The first-order valence-electron chi connectivity index (χ1n) is 7.53. The van der Waals surface area contributed by atoms with Gasteiger partial charge in [0.05, 0.1) is 4.90 Å². The van der Waals surface area contributed by atoms with Crippen molar-refractivity contribution in [3.63, 3.8) is 0 Å². The van der Waals surface area contributed by atoms with Gasteiger partial charge in [0.1, 0.15) is 0 Å². The lowest BCUT2D eigenvalue weighted by Gasteiger charge is -2.25. The van der Waals surface area contributed by atoms with Crippen molar-refractivity contribution in [3.05, 3.63) is 48.5 Å². The molecule has 1 fully saturated rings. The molecule has 2 aromatic carbocycles. The van der Waals surface area contributed by atoms with E-state index in [0.29, 0.717) is 23.7 Å². The Balaban J connectivity index is 1.87. The van der Waals surface area contributed by atoms with Gasteiger partial charge in [0.2, 0.25) is 10.0 Å². The van der Waals surface area contributed by atoms with Gasteiger partial charge in [-0.3, -0.25) is 0 Å². The molecule has 5 heteroatoms. The molecule has 22 heavy (non-hydrogen) atoms. The fourth-order valence-corrected chi connectivity index (χ4v) is 4.31. The molecule has 0 saturated carbocycles. The molecule has 116 valence electrons. The lowest BCUT2D eigenvalue weighted by atomic mass is 10.1. The Morgan fingerprint density at radius 3 is 2.18 bits per heavy atom. The van der Waals surface area contributed by atoms with Gasteiger partial charge in [0.15, 0.2) is 0 Å². The van der Waals surface area contributed by atoms with Crippen LogP contribution in [0.1, 0.15) is 19.3 Å². The number of nitrogen functional groups attached to an aromatic ring is 1. The van der Waals surface area contributed by atoms with Gasteiger partial charge in [-0.15, -0.1) is 0 Å². The lowest BCUT2D eigenvalue weighted by molar-refractivity contribution is 0.346. The highest BCUT2D eigenvalue weighted by molar-refractivity contribution is 7.89. The summed E-state index contributed by atoms with van der Waals surface area (Å²) in [6.45, 7) is 1.25. The van der Waals surface area contributed by atoms with Crippen LogP contribution in [0.4, 0.5) is 5.69 Å². The minimum Gasteiger partial charge on any atom is -0.399 e. The Labute approximate surface area is 131 Å². The second-order valence-corrected chi connectivity index (χ2v) is 7.55. The molecule has 4 nitrogen and oxygen atoms in total. The van der Waals surface area contributed by atoms with Gasteiger partial charge in [-0.05, 0) is 48.2 Å². The second kappa shape index (κ2) is 6.10. The van der Waals surface area contributed by atoms with Gasteiger partial charge in [-0.2, -0.15) is 4.31 Å². The summed E-state index contributed by atoms with van der Waals surface area (Å²) in [5, 5.41) is 0. The number of sulfonamides is 1. The predicted octanol–water partition coefficient (Wildman–Crippen LogP) is 3.11. The van der Waals surface area contributed by atoms with Crippen molar-refractivity contribution in [3.8, 4) is 11.1 Å². The average molecular weight is 316 g/mol. The normalized spacial score (nSPS) is 16.5. The number of hydrogen-bond acceptors (Lipinski definition) is 3. The smallest absolute Gasteiger partial charge is 0.243 e. The van der Waals surface area contributed by atoms with Crippen molar-refractivity contribution in [1.29, 1.82) is 0 Å². The van der Waals surface area contributed by atoms with Gasteiger partial charge < -0.3 is 5.73 Å². The summed E-state index contributed by atoms with van der Waals surface area (Å²) in [4.78, 5) is 0.363. The Bertz CT molecular complexity index is 748. The van der Waals surface area contributed by atoms with Crippen LogP contribution in [0.3, 0.4) is 0 Å². The molecule has 2 aromatic rings. The van der Waals surface area contributed by atoms with E-state index in [9.17, 15) is 8.42 Å². The monoisotopic (exact) mass is 316 g/mol. The maximum atomic E-state index is 12.6. The highest BCUT2D eigenvalue weighted by Crippen LogP contribution is 2.25. The minimum atomic E-state index is -3.36. The number of benzene rings is 2. The van der Waals surface area contributed by atoms with E-state index < -0.39 is 10.0 Å². The predicted molar refractivity (Wildman–Crippen MR) is 88.9 cm³/mol. The molecule has 1 saturated heterocycles. The van der Waals surface area contributed by atoms with Crippen LogP contribution in [0, 0.1) is 0 Å². The molecular weight excluding hydrogens is 296 g/mol. The summed E-state index contributed by atoms with van der Waals surface area (Å²) in [6.07, 6.45) is 3.00. The highest BCUT2D eigenvalue weighted by Gasteiger charge is 2.25. The number of piperidine rings is 1. The van der Waals surface area contributed by atoms with Crippen LogP contribution in [-0.4, -0.2) is 25.8 Å². The second-order valence-electron chi connectivity index (χ2n) is 5.61. The first-order chi connectivity index (χ1) is 10.6. The Kier molecular flexibility index (Phi) is 4.18. The van der Waals surface area contributed by atoms with Crippen LogP contribution in [-0.2, 0) is 10.0 Å². The molecule has 0 atom stereocenters. The summed E-state index contributed by atoms with van der Waals surface area (Å²) in [5.41, 5.74) is 8.44. The topological polar surface area (TPSA) is 63.4 Å². The first-order valence-corrected chi connectivity index (χ1v) is 8.97. The van der Waals surface area contributed by atoms with E-state index in [1.165, 1.54) is 0 Å². The zero-order valence-electron chi connectivity index (χ0n) is 12.4. The molecule has 0 radical (unpaired) electrons. The zero-order valence-corrected chi connectivity index (χ0v) is 13.2. The fraction of sp³-hybridized carbons (Fsp3) is 0.294. The van der Waals surface area contributed by atoms with E-state index in [1.54, 1.807) is 16.4 Å². The number of rotatable bonds is 3. The van der Waals surface area contributed by atoms with Gasteiger partial charge in [0.25, 0.3) is 0 Å². The highest BCUT2D eigenvalue weighted by atomic mass is 32.2. The molecule has 1 aliphatic rings. The summed E-state index contributed by atoms with van der Waals surface area (Å²) in [6, 6.07) is 14.6. The zero-order chi connectivity index (χ0) is 15.6. The Morgan fingerprint density at radius 1 is 0.864 bits per heavy atom. The fourth-order valence-electron chi connectivity index (χ4n) is 2.79. The van der Waals surface area contributed by atoms with Gasteiger partial charge in [0, 0.05) is 18.8 Å². The molecule has 0 aliphatic carbocycles. The number of hydrogen-bond donors (Lipinski definition) is 1. The third-order valence-electron chi connectivity index (χ3n) is 4.03. The molecule has 1 heterocycles. The van der Waals surface area contributed by atoms with Gasteiger partial charge in [-0.25, -0.2) is 8.42 Å². The van der Waals surface area contributed by atoms with Crippen molar-refractivity contribution >= 4 is 15.7 Å². The van der Waals surface area contributed by atoms with Crippen LogP contribution in [0.15, 0.2) is 53.4 Å². The third kappa shape index (κ3) is 3.00. The maximum Gasteiger partial charge on any atom is 0.243 e. The van der Waals surface area contributed by atoms with Crippen LogP contribution < -0.4 is 5.73 Å². The average Bonchev–Trinajstić information content (AvgIpc) is 2.56. The van der Waals surface area contributed by atoms with E-state index in [2.05, 4.69) is 0 Å². The van der Waals surface area contributed by atoms with Crippen LogP contribution in [0.5, 0.6) is 0 Å². The summed E-state index contributed by atoms with van der Waals surface area (Å²) in [7, 11) is -3.36. The van der Waals surface area contributed by atoms with E-state index >= 15 is 0 Å². The van der Waals surface area contributed by atoms with E-state index in [4.69, 9.17) is 5.73 Å². The molecule has 0 spiro atoms. The summed E-state index contributed by atoms with van der Waals surface area (Å²) >= 11 is 0. The maximum absolute atomic E-state index is 12.6. The van der Waals surface area contributed by atoms with Crippen molar-refractivity contribution in [2.24, 2.45) is 0 Å². The summed E-state index contributed by atoms with van der Waals surface area (Å²) in [5.74, 6) is 0. The van der Waals surface area contributed by atoms with E-state index in [0.717, 1.165) is 30.4 Å². The largest absolute Gasteiger partial charge is 0.399 e. The van der Waals surface area contributed by atoms with E-state index in [1.807, 2.05) is 36.4 Å². The van der Waals surface area contributed by atoms with Gasteiger partial charge >= 0.3 is 0 Å². The molecule has 1 aliphatic heterocycles. The summed E-state index contributed by atoms with van der Waals surface area (Å²) < 4.78 is 26.8. The standard InChI is InChI=1S/C17H20N2O2S/c18-16-6-4-5-15(13-16)14-7-9-17(10-8-14)22(20,21)19-11-2-1-3-12-19/h4-10,13H,1-3,11-12,18H2. The van der Waals surface area contributed by atoms with Crippen LogP contribution in [0.25, 0.3) is 11.1 Å². The molecule has 0 unspecified atom stereocenters. The Hall–Kier alpha value is -1.85. The molecule has 0 aromatic heterocycles.